The molecule has 0 fully saturated rings. The van der Waals surface area contributed by atoms with Crippen LogP contribution in [0.15, 0.2) is 133 Å². The van der Waals surface area contributed by atoms with E-state index in [1.165, 1.54) is 0 Å². The lowest BCUT2D eigenvalue weighted by Crippen LogP contribution is -1.90. The first kappa shape index (κ1) is 10.9. The molecule has 150 valence electrons. The zero-order chi connectivity index (χ0) is 30.0. The summed E-state index contributed by atoms with van der Waals surface area (Å²) in [5.41, 5.74) is 2.98. The van der Waals surface area contributed by atoms with Gasteiger partial charge in [-0.3, -0.25) is 0 Å². The Morgan fingerprint density at radius 2 is 0.719 bits per heavy atom. The van der Waals surface area contributed by atoms with Crippen molar-refractivity contribution in [3.05, 3.63) is 133 Å². The Labute approximate surface area is 202 Å². The Bertz CT molecular complexity index is 1970. The summed E-state index contributed by atoms with van der Waals surface area (Å²) < 4.78 is 82.6. The molecule has 0 aliphatic rings. The predicted octanol–water partition coefficient (Wildman–Crippen LogP) is 8.99. The molecule has 6 aromatic rings. The zero-order valence-electron chi connectivity index (χ0n) is 26.9. The van der Waals surface area contributed by atoms with Crippen LogP contribution in [0.2, 0.25) is 0 Å². The topological polar surface area (TPSA) is 0 Å². The summed E-state index contributed by atoms with van der Waals surface area (Å²) in [6, 6.07) is 18.7. The molecule has 6 rings (SSSR count). The van der Waals surface area contributed by atoms with Gasteiger partial charge in [-0.05, 0) is 54.9 Å². The van der Waals surface area contributed by atoms with Crippen LogP contribution in [0.1, 0.15) is 13.7 Å². The van der Waals surface area contributed by atoms with Gasteiger partial charge in [-0.25, -0.2) is 0 Å². The summed E-state index contributed by atoms with van der Waals surface area (Å²) in [4.78, 5) is 0. The molecule has 0 amide bonds. The van der Waals surface area contributed by atoms with Gasteiger partial charge in [-0.1, -0.05) is 133 Å². The van der Waals surface area contributed by atoms with E-state index in [-0.39, 0.29) is 35.3 Å². The van der Waals surface area contributed by atoms with Gasteiger partial charge in [-0.2, -0.15) is 0 Å². The van der Waals surface area contributed by atoms with Crippen molar-refractivity contribution >= 4 is 21.5 Å². The molecule has 0 nitrogen and oxygen atoms in total. The fourth-order valence-electron chi connectivity index (χ4n) is 4.28. The third-order valence-electron chi connectivity index (χ3n) is 5.64. The Kier molecular flexibility index (Phi) is 2.67. The average molecular weight is 417 g/mol. The first-order chi connectivity index (χ1) is 20.0. The van der Waals surface area contributed by atoms with Crippen LogP contribution in [0.25, 0.3) is 54.9 Å². The molecule has 0 unspecified atom stereocenters. The standard InChI is InChI=1S/C32H22/c1-3-11-23(12-4-1)24-19-21-26(22-20-24)32-29-17-9-7-15-27(29)31(25-13-5-2-6-14-25)28-16-8-10-18-30(28)32/h1-22H/i1D,2D,3D,4D,5D,6D,11D,12D,13D,14D. The van der Waals surface area contributed by atoms with Gasteiger partial charge >= 0.3 is 0 Å². The summed E-state index contributed by atoms with van der Waals surface area (Å²) in [7, 11) is 0. The van der Waals surface area contributed by atoms with Crippen LogP contribution < -0.4 is 0 Å². The van der Waals surface area contributed by atoms with Crippen molar-refractivity contribution in [1.82, 2.24) is 0 Å². The largest absolute Gasteiger partial charge is 0.0629 e. The highest BCUT2D eigenvalue weighted by Gasteiger charge is 2.16. The molecule has 0 bridgehead atoms. The minimum absolute atomic E-state index is 0.124. The van der Waals surface area contributed by atoms with Crippen LogP contribution in [0, 0.1) is 0 Å². The van der Waals surface area contributed by atoms with Crippen LogP contribution >= 0.6 is 0 Å². The SMILES string of the molecule is [2H]c1c([2H])c([2H])c(-c2ccc(-c3c4ccccc4c(-c4c([2H])c([2H])c([2H])c([2H])c4[2H])c4ccccc34)cc2)c([2H])c1[2H]. The molecule has 32 heavy (non-hydrogen) atoms. The van der Waals surface area contributed by atoms with Crippen molar-refractivity contribution in [3.8, 4) is 33.4 Å². The van der Waals surface area contributed by atoms with E-state index in [0.29, 0.717) is 11.1 Å². The first-order valence-electron chi connectivity index (χ1n) is 15.2. The Morgan fingerprint density at radius 3 is 1.19 bits per heavy atom. The maximum absolute atomic E-state index is 8.68. The van der Waals surface area contributed by atoms with Crippen LogP contribution in [0.5, 0.6) is 0 Å². The molecular formula is C32H22. The Balaban J connectivity index is 1.65. The third-order valence-corrected chi connectivity index (χ3v) is 5.64. The molecule has 0 heteroatoms. The highest BCUT2D eigenvalue weighted by Crippen LogP contribution is 2.43. The molecular weight excluding hydrogens is 384 g/mol. The van der Waals surface area contributed by atoms with Crippen LogP contribution in [0.4, 0.5) is 0 Å². The second-order valence-corrected chi connectivity index (χ2v) is 7.42. The van der Waals surface area contributed by atoms with Gasteiger partial charge in [0.2, 0.25) is 0 Å². The Hall–Kier alpha value is -4.16. The molecule has 0 heterocycles. The smallest absolute Gasteiger partial charge is 0.0622 e. The van der Waals surface area contributed by atoms with E-state index in [4.69, 9.17) is 13.7 Å². The van der Waals surface area contributed by atoms with Crippen molar-refractivity contribution in [2.75, 3.05) is 0 Å². The zero-order valence-corrected chi connectivity index (χ0v) is 16.9. The van der Waals surface area contributed by atoms with Gasteiger partial charge in [0.1, 0.15) is 0 Å². The van der Waals surface area contributed by atoms with Crippen molar-refractivity contribution in [2.24, 2.45) is 0 Å². The molecule has 0 radical (unpaired) electrons. The van der Waals surface area contributed by atoms with Gasteiger partial charge in [0.05, 0.1) is 13.7 Å². The minimum atomic E-state index is -0.446. The fourth-order valence-corrected chi connectivity index (χ4v) is 4.28. The minimum Gasteiger partial charge on any atom is -0.0622 e. The van der Waals surface area contributed by atoms with Gasteiger partial charge in [0.15, 0.2) is 0 Å². The van der Waals surface area contributed by atoms with Crippen molar-refractivity contribution in [2.45, 2.75) is 0 Å². The van der Waals surface area contributed by atoms with Crippen LogP contribution in [-0.2, 0) is 0 Å². The van der Waals surface area contributed by atoms with Gasteiger partial charge in [0, 0.05) is 0 Å². The molecule has 0 aromatic heterocycles. The number of benzene rings is 6. The predicted molar refractivity (Wildman–Crippen MR) is 138 cm³/mol. The third kappa shape index (κ3) is 3.09. The number of fused-ring (bicyclic) bond motifs is 2. The van der Waals surface area contributed by atoms with Crippen molar-refractivity contribution in [1.29, 1.82) is 0 Å². The molecule has 0 aliphatic heterocycles. The second kappa shape index (κ2) is 7.83. The fraction of sp³-hybridized carbons (Fsp3) is 0. The normalized spacial score (nSPS) is 15.5. The second-order valence-electron chi connectivity index (χ2n) is 7.42. The summed E-state index contributed by atoms with van der Waals surface area (Å²) >= 11 is 0. The maximum Gasteiger partial charge on any atom is 0.0629 e. The number of hydrogen-bond donors (Lipinski definition) is 0. The lowest BCUT2D eigenvalue weighted by Gasteiger charge is -2.18. The van der Waals surface area contributed by atoms with E-state index in [1.54, 1.807) is 12.1 Å². The summed E-state index contributed by atoms with van der Waals surface area (Å²) in [5, 5.41) is 3.07. The van der Waals surface area contributed by atoms with Crippen LogP contribution in [-0.4, -0.2) is 0 Å². The molecule has 6 aromatic carbocycles. The highest BCUT2D eigenvalue weighted by molar-refractivity contribution is 6.21. The van der Waals surface area contributed by atoms with Crippen LogP contribution in [0.3, 0.4) is 0 Å². The Morgan fingerprint density at radius 1 is 0.344 bits per heavy atom. The number of hydrogen-bond acceptors (Lipinski definition) is 0. The van der Waals surface area contributed by atoms with E-state index in [1.807, 2.05) is 60.7 Å². The molecule has 0 atom stereocenters. The van der Waals surface area contributed by atoms with Gasteiger partial charge < -0.3 is 0 Å². The molecule has 0 saturated heterocycles. The van der Waals surface area contributed by atoms with E-state index >= 15 is 0 Å². The molecule has 0 N–H and O–H groups in total. The van der Waals surface area contributed by atoms with Gasteiger partial charge in [-0.15, -0.1) is 0 Å². The lowest BCUT2D eigenvalue weighted by atomic mass is 9.86. The molecule has 0 spiro atoms. The van der Waals surface area contributed by atoms with E-state index < -0.39 is 36.3 Å². The summed E-state index contributed by atoms with van der Waals surface area (Å²) in [6.07, 6.45) is 0. The highest BCUT2D eigenvalue weighted by atomic mass is 14.2. The first-order valence-corrected chi connectivity index (χ1v) is 10.2. The van der Waals surface area contributed by atoms with Crippen molar-refractivity contribution < 1.29 is 13.7 Å². The quantitative estimate of drug-likeness (QED) is 0.252. The van der Waals surface area contributed by atoms with Gasteiger partial charge in [0.25, 0.3) is 0 Å². The van der Waals surface area contributed by atoms with E-state index in [2.05, 4.69) is 0 Å². The summed E-state index contributed by atoms with van der Waals surface area (Å²) in [6.45, 7) is 0. The molecule has 0 aliphatic carbocycles. The monoisotopic (exact) mass is 416 g/mol. The maximum atomic E-state index is 8.68. The van der Waals surface area contributed by atoms with E-state index in [0.717, 1.165) is 32.7 Å². The lowest BCUT2D eigenvalue weighted by molar-refractivity contribution is 1.61. The van der Waals surface area contributed by atoms with E-state index in [9.17, 15) is 0 Å². The summed E-state index contributed by atoms with van der Waals surface area (Å²) in [5.74, 6) is 0. The molecule has 0 saturated carbocycles. The number of rotatable bonds is 3. The van der Waals surface area contributed by atoms with Crippen molar-refractivity contribution in [3.63, 3.8) is 0 Å². The average Bonchev–Trinajstić information content (AvgIpc) is 3.01.